The minimum Gasteiger partial charge on any atom is -0.389 e. The Morgan fingerprint density at radius 3 is 2.33 bits per heavy atom. The molecule has 2 aromatic rings. The van der Waals surface area contributed by atoms with Gasteiger partial charge in [-0.1, -0.05) is 55.9 Å². The van der Waals surface area contributed by atoms with Crippen LogP contribution >= 0.6 is 12.2 Å². The maximum Gasteiger partial charge on any atom is 0.255 e. The number of aryl methyl sites for hydroxylation is 1. The summed E-state index contributed by atoms with van der Waals surface area (Å²) in [6.45, 7) is 2.12. The first-order chi connectivity index (χ1) is 10.1. The molecule has 4 heteroatoms. The van der Waals surface area contributed by atoms with Crippen molar-refractivity contribution in [1.82, 2.24) is 0 Å². The quantitative estimate of drug-likeness (QED) is 0.830. The Kier molecular flexibility index (Phi) is 5.06. The molecular weight excluding hydrogens is 280 g/mol. The molecule has 108 valence electrons. The van der Waals surface area contributed by atoms with Gasteiger partial charge < -0.3 is 11.1 Å². The highest BCUT2D eigenvalue weighted by Crippen LogP contribution is 2.18. The molecular formula is C17H18N2OS. The minimum atomic E-state index is -0.131. The summed E-state index contributed by atoms with van der Waals surface area (Å²) < 4.78 is 0. The summed E-state index contributed by atoms with van der Waals surface area (Å²) >= 11 is 4.90. The molecule has 0 atom stereocenters. The van der Waals surface area contributed by atoms with Gasteiger partial charge in [0.05, 0.1) is 0 Å². The molecule has 0 bridgehead atoms. The van der Waals surface area contributed by atoms with E-state index in [4.69, 9.17) is 18.0 Å². The maximum atomic E-state index is 12.3. The topological polar surface area (TPSA) is 55.1 Å². The van der Waals surface area contributed by atoms with Gasteiger partial charge in [0.1, 0.15) is 4.99 Å². The summed E-state index contributed by atoms with van der Waals surface area (Å²) in [4.78, 5) is 12.6. The minimum absolute atomic E-state index is 0.131. The lowest BCUT2D eigenvalue weighted by atomic mass is 10.1. The van der Waals surface area contributed by atoms with Crippen LogP contribution in [0.1, 0.15) is 34.8 Å². The van der Waals surface area contributed by atoms with Crippen LogP contribution in [0.4, 0.5) is 5.69 Å². The third-order valence-electron chi connectivity index (χ3n) is 3.22. The molecule has 21 heavy (non-hydrogen) atoms. The van der Waals surface area contributed by atoms with Crippen molar-refractivity contribution < 1.29 is 4.79 Å². The number of rotatable bonds is 5. The molecule has 0 saturated heterocycles. The zero-order chi connectivity index (χ0) is 15.2. The van der Waals surface area contributed by atoms with E-state index in [-0.39, 0.29) is 5.91 Å². The Morgan fingerprint density at radius 2 is 1.71 bits per heavy atom. The summed E-state index contributed by atoms with van der Waals surface area (Å²) in [5.41, 5.74) is 8.90. The second-order valence-corrected chi connectivity index (χ2v) is 5.24. The number of nitrogens with one attached hydrogen (secondary N) is 1. The number of carbonyl (C=O) groups excluding carboxylic acids is 1. The van der Waals surface area contributed by atoms with E-state index in [0.717, 1.165) is 29.7 Å². The van der Waals surface area contributed by atoms with Crippen molar-refractivity contribution in [1.29, 1.82) is 0 Å². The number of thiocarbonyl (C=S) groups is 1. The molecule has 0 aromatic heterocycles. The smallest absolute Gasteiger partial charge is 0.255 e. The number of benzene rings is 2. The molecule has 0 spiro atoms. The molecule has 0 aliphatic heterocycles. The first-order valence-electron chi connectivity index (χ1n) is 6.91. The number of hydrogen-bond acceptors (Lipinski definition) is 2. The largest absolute Gasteiger partial charge is 0.389 e. The second kappa shape index (κ2) is 6.99. The number of amides is 1. The van der Waals surface area contributed by atoms with Crippen LogP contribution in [-0.4, -0.2) is 10.9 Å². The van der Waals surface area contributed by atoms with E-state index in [2.05, 4.69) is 12.2 Å². The Labute approximate surface area is 130 Å². The van der Waals surface area contributed by atoms with Crippen molar-refractivity contribution in [3.8, 4) is 0 Å². The highest BCUT2D eigenvalue weighted by molar-refractivity contribution is 7.80. The van der Waals surface area contributed by atoms with Gasteiger partial charge in [-0.25, -0.2) is 0 Å². The van der Waals surface area contributed by atoms with Gasteiger partial charge in [0.25, 0.3) is 5.91 Å². The van der Waals surface area contributed by atoms with Crippen molar-refractivity contribution in [3.05, 3.63) is 65.2 Å². The average Bonchev–Trinajstić information content (AvgIpc) is 2.49. The molecule has 0 fully saturated rings. The van der Waals surface area contributed by atoms with Crippen molar-refractivity contribution in [2.45, 2.75) is 19.8 Å². The van der Waals surface area contributed by atoms with E-state index in [9.17, 15) is 4.79 Å². The molecule has 0 heterocycles. The van der Waals surface area contributed by atoms with E-state index in [1.54, 1.807) is 24.3 Å². The Morgan fingerprint density at radius 1 is 1.10 bits per heavy atom. The summed E-state index contributed by atoms with van der Waals surface area (Å²) in [6.07, 6.45) is 1.98. The maximum absolute atomic E-state index is 12.3. The zero-order valence-electron chi connectivity index (χ0n) is 11.9. The van der Waals surface area contributed by atoms with Gasteiger partial charge in [-0.2, -0.15) is 0 Å². The van der Waals surface area contributed by atoms with Gasteiger partial charge in [0.15, 0.2) is 0 Å². The molecule has 3 N–H and O–H groups in total. The van der Waals surface area contributed by atoms with Crippen molar-refractivity contribution in [3.63, 3.8) is 0 Å². The van der Waals surface area contributed by atoms with Gasteiger partial charge >= 0.3 is 0 Å². The lowest BCUT2D eigenvalue weighted by Crippen LogP contribution is -2.14. The molecule has 0 saturated carbocycles. The fourth-order valence-electron chi connectivity index (χ4n) is 2.11. The summed E-state index contributed by atoms with van der Waals surface area (Å²) in [7, 11) is 0. The number of hydrogen-bond donors (Lipinski definition) is 2. The van der Waals surface area contributed by atoms with Crippen LogP contribution in [0.2, 0.25) is 0 Å². The molecule has 3 nitrogen and oxygen atoms in total. The van der Waals surface area contributed by atoms with Crippen molar-refractivity contribution in [2.75, 3.05) is 5.32 Å². The number of para-hydroxylation sites is 1. The highest BCUT2D eigenvalue weighted by Gasteiger charge is 2.09. The SMILES string of the molecule is CCCc1ccccc1NC(=O)c1ccc(C(N)=S)cc1. The van der Waals surface area contributed by atoms with E-state index < -0.39 is 0 Å². The lowest BCUT2D eigenvalue weighted by Gasteiger charge is -2.10. The normalized spacial score (nSPS) is 10.1. The molecule has 2 aromatic carbocycles. The van der Waals surface area contributed by atoms with Gasteiger partial charge in [0.2, 0.25) is 0 Å². The van der Waals surface area contributed by atoms with Crippen LogP contribution in [0, 0.1) is 0 Å². The van der Waals surface area contributed by atoms with E-state index in [1.165, 1.54) is 0 Å². The predicted octanol–water partition coefficient (Wildman–Crippen LogP) is 3.53. The van der Waals surface area contributed by atoms with Crippen LogP contribution in [0.15, 0.2) is 48.5 Å². The molecule has 0 radical (unpaired) electrons. The van der Waals surface area contributed by atoms with Gasteiger partial charge in [-0.15, -0.1) is 0 Å². The summed E-state index contributed by atoms with van der Waals surface area (Å²) in [5, 5.41) is 2.96. The predicted molar refractivity (Wildman–Crippen MR) is 90.7 cm³/mol. The fourth-order valence-corrected chi connectivity index (χ4v) is 2.25. The van der Waals surface area contributed by atoms with Crippen molar-refractivity contribution in [2.24, 2.45) is 5.73 Å². The Bertz CT molecular complexity index is 650. The summed E-state index contributed by atoms with van der Waals surface area (Å²) in [5.74, 6) is -0.131. The Balaban J connectivity index is 2.16. The third kappa shape index (κ3) is 3.89. The molecule has 0 unspecified atom stereocenters. The summed E-state index contributed by atoms with van der Waals surface area (Å²) in [6, 6.07) is 14.8. The van der Waals surface area contributed by atoms with Crippen molar-refractivity contribution >= 4 is 28.8 Å². The highest BCUT2D eigenvalue weighted by atomic mass is 32.1. The number of anilines is 1. The second-order valence-electron chi connectivity index (χ2n) is 4.80. The zero-order valence-corrected chi connectivity index (χ0v) is 12.7. The number of carbonyl (C=O) groups is 1. The lowest BCUT2D eigenvalue weighted by molar-refractivity contribution is 0.102. The van der Waals surface area contributed by atoms with Crippen LogP contribution < -0.4 is 11.1 Å². The van der Waals surface area contributed by atoms with Crippen LogP contribution in [0.25, 0.3) is 0 Å². The molecule has 2 rings (SSSR count). The first-order valence-corrected chi connectivity index (χ1v) is 7.31. The van der Waals surface area contributed by atoms with Gasteiger partial charge in [-0.3, -0.25) is 4.79 Å². The first kappa shape index (κ1) is 15.2. The number of nitrogens with two attached hydrogens (primary N) is 1. The average molecular weight is 298 g/mol. The van der Waals surface area contributed by atoms with Gasteiger partial charge in [0, 0.05) is 16.8 Å². The molecule has 0 aliphatic carbocycles. The van der Waals surface area contributed by atoms with Gasteiger partial charge in [-0.05, 0) is 30.2 Å². The Hall–Kier alpha value is -2.20. The van der Waals surface area contributed by atoms with E-state index in [0.29, 0.717) is 10.6 Å². The molecule has 1 amide bonds. The van der Waals surface area contributed by atoms with E-state index in [1.807, 2.05) is 24.3 Å². The monoisotopic (exact) mass is 298 g/mol. The van der Waals surface area contributed by atoms with Crippen LogP contribution in [0.3, 0.4) is 0 Å². The standard InChI is InChI=1S/C17H18N2OS/c1-2-5-12-6-3-4-7-15(12)19-17(20)14-10-8-13(9-11-14)16(18)21/h3-4,6-11H,2,5H2,1H3,(H2,18,21)(H,19,20). The van der Waals surface area contributed by atoms with E-state index >= 15 is 0 Å². The van der Waals surface area contributed by atoms with Crippen LogP contribution in [-0.2, 0) is 6.42 Å². The third-order valence-corrected chi connectivity index (χ3v) is 3.45. The fraction of sp³-hybridized carbons (Fsp3) is 0.176. The molecule has 0 aliphatic rings. The van der Waals surface area contributed by atoms with Crippen LogP contribution in [0.5, 0.6) is 0 Å².